The Morgan fingerprint density at radius 1 is 1.42 bits per heavy atom. The van der Waals surface area contributed by atoms with Gasteiger partial charge in [0.25, 0.3) is 0 Å². The molecule has 0 saturated heterocycles. The fraction of sp³-hybridized carbons (Fsp3) is 0.333. The van der Waals surface area contributed by atoms with E-state index in [4.69, 9.17) is 4.74 Å². The van der Waals surface area contributed by atoms with Crippen molar-refractivity contribution in [2.45, 2.75) is 25.4 Å². The second-order valence-corrected chi connectivity index (χ2v) is 4.43. The van der Waals surface area contributed by atoms with Gasteiger partial charge in [0, 0.05) is 12.0 Å². The molecule has 2 aromatic rings. The minimum atomic E-state index is -0.467. The van der Waals surface area contributed by atoms with Crippen molar-refractivity contribution in [3.05, 3.63) is 46.0 Å². The number of nitro benzene ring substituents is 1. The third-order valence-corrected chi connectivity index (χ3v) is 2.92. The molecule has 1 aliphatic rings. The van der Waals surface area contributed by atoms with E-state index in [1.165, 1.54) is 6.07 Å². The Balaban J connectivity index is 1.69. The van der Waals surface area contributed by atoms with Crippen molar-refractivity contribution in [3.63, 3.8) is 0 Å². The first-order valence-corrected chi connectivity index (χ1v) is 6.01. The minimum Gasteiger partial charge on any atom is -0.479 e. The second-order valence-electron chi connectivity index (χ2n) is 4.43. The van der Waals surface area contributed by atoms with Gasteiger partial charge in [-0.1, -0.05) is 12.1 Å². The largest absolute Gasteiger partial charge is 0.479 e. The molecule has 98 valence electrons. The molecule has 1 aromatic carbocycles. The van der Waals surface area contributed by atoms with Gasteiger partial charge in [0.15, 0.2) is 17.4 Å². The third kappa shape index (κ3) is 2.54. The van der Waals surface area contributed by atoms with Gasteiger partial charge in [-0.2, -0.15) is 5.10 Å². The predicted octanol–water partition coefficient (Wildman–Crippen LogP) is 2.17. The monoisotopic (exact) mass is 260 g/mol. The Kier molecular flexibility index (Phi) is 2.86. The number of aromatic nitrogens is 3. The van der Waals surface area contributed by atoms with Gasteiger partial charge in [0.1, 0.15) is 6.61 Å². The fourth-order valence-corrected chi connectivity index (χ4v) is 1.77. The molecule has 0 aliphatic heterocycles. The quantitative estimate of drug-likeness (QED) is 0.656. The smallest absolute Gasteiger partial charge is 0.310 e. The number of H-pyrrole nitrogens is 1. The van der Waals surface area contributed by atoms with E-state index < -0.39 is 4.92 Å². The molecule has 7 nitrogen and oxygen atoms in total. The zero-order valence-electron chi connectivity index (χ0n) is 10.1. The molecule has 1 aromatic heterocycles. The van der Waals surface area contributed by atoms with Gasteiger partial charge in [-0.25, -0.2) is 4.98 Å². The van der Waals surface area contributed by atoms with Gasteiger partial charge in [0.05, 0.1) is 4.92 Å². The molecular formula is C12H12N4O3. The third-order valence-electron chi connectivity index (χ3n) is 2.92. The van der Waals surface area contributed by atoms with E-state index in [0.29, 0.717) is 11.7 Å². The molecule has 1 aliphatic carbocycles. The van der Waals surface area contributed by atoms with E-state index in [9.17, 15) is 10.1 Å². The topological polar surface area (TPSA) is 93.9 Å². The fourth-order valence-electron chi connectivity index (χ4n) is 1.77. The van der Waals surface area contributed by atoms with Crippen LogP contribution in [0, 0.1) is 10.1 Å². The van der Waals surface area contributed by atoms with Crippen LogP contribution in [0.1, 0.15) is 30.4 Å². The van der Waals surface area contributed by atoms with Crippen LogP contribution in [0.2, 0.25) is 0 Å². The van der Waals surface area contributed by atoms with E-state index in [-0.39, 0.29) is 18.0 Å². The van der Waals surface area contributed by atoms with Crippen molar-refractivity contribution >= 4 is 5.69 Å². The Morgan fingerprint density at radius 2 is 2.21 bits per heavy atom. The highest BCUT2D eigenvalue weighted by atomic mass is 16.6. The highest BCUT2D eigenvalue weighted by molar-refractivity contribution is 5.45. The summed E-state index contributed by atoms with van der Waals surface area (Å²) >= 11 is 0. The average Bonchev–Trinajstić information content (AvgIpc) is 3.16. The van der Waals surface area contributed by atoms with Gasteiger partial charge < -0.3 is 4.74 Å². The van der Waals surface area contributed by atoms with Gasteiger partial charge in [-0.3, -0.25) is 15.2 Å². The summed E-state index contributed by atoms with van der Waals surface area (Å²) < 4.78 is 5.42. The lowest BCUT2D eigenvalue weighted by Crippen LogP contribution is -2.00. The number of nitro groups is 1. The summed E-state index contributed by atoms with van der Waals surface area (Å²) in [4.78, 5) is 14.7. The molecule has 1 heterocycles. The molecule has 0 bridgehead atoms. The highest BCUT2D eigenvalue weighted by Gasteiger charge is 2.27. The van der Waals surface area contributed by atoms with Gasteiger partial charge in [0.2, 0.25) is 0 Å². The number of nitrogens with zero attached hydrogens (tertiary/aromatic N) is 3. The van der Waals surface area contributed by atoms with Gasteiger partial charge in [-0.05, 0) is 18.9 Å². The van der Waals surface area contributed by atoms with Crippen molar-refractivity contribution in [2.75, 3.05) is 0 Å². The van der Waals surface area contributed by atoms with Crippen molar-refractivity contribution in [1.82, 2.24) is 15.2 Å². The summed E-state index contributed by atoms with van der Waals surface area (Å²) in [7, 11) is 0. The Bertz CT molecular complexity index is 607. The second kappa shape index (κ2) is 4.68. The Morgan fingerprint density at radius 3 is 2.95 bits per heavy atom. The van der Waals surface area contributed by atoms with Crippen LogP contribution in [-0.4, -0.2) is 20.1 Å². The first-order chi connectivity index (χ1) is 9.24. The summed E-state index contributed by atoms with van der Waals surface area (Å²) in [5, 5.41) is 17.7. The molecule has 0 atom stereocenters. The summed E-state index contributed by atoms with van der Waals surface area (Å²) in [6.07, 6.45) is 2.25. The minimum absolute atomic E-state index is 0.0515. The highest BCUT2D eigenvalue weighted by Crippen LogP contribution is 2.37. The van der Waals surface area contributed by atoms with Crippen molar-refractivity contribution in [1.29, 1.82) is 0 Å². The van der Waals surface area contributed by atoms with Crippen LogP contribution in [0.3, 0.4) is 0 Å². The number of hydrogen-bond acceptors (Lipinski definition) is 5. The molecule has 0 spiro atoms. The SMILES string of the molecule is O=[N+]([O-])c1ccccc1OCc1nc(C2CC2)n[nH]1. The number of benzene rings is 1. The predicted molar refractivity (Wildman–Crippen MR) is 65.8 cm³/mol. The van der Waals surface area contributed by atoms with Crippen molar-refractivity contribution in [2.24, 2.45) is 0 Å². The molecule has 1 fully saturated rings. The van der Waals surface area contributed by atoms with E-state index in [1.54, 1.807) is 18.2 Å². The lowest BCUT2D eigenvalue weighted by Gasteiger charge is -2.03. The Labute approximate surface area is 108 Å². The maximum Gasteiger partial charge on any atom is 0.310 e. The maximum atomic E-state index is 10.8. The van der Waals surface area contributed by atoms with Crippen LogP contribution in [-0.2, 0) is 6.61 Å². The zero-order chi connectivity index (χ0) is 13.2. The molecule has 0 radical (unpaired) electrons. The van der Waals surface area contributed by atoms with Crippen molar-refractivity contribution in [3.8, 4) is 5.75 Å². The molecule has 19 heavy (non-hydrogen) atoms. The first kappa shape index (κ1) is 11.6. The molecule has 0 amide bonds. The Hall–Kier alpha value is -2.44. The van der Waals surface area contributed by atoms with Gasteiger partial charge >= 0.3 is 5.69 Å². The van der Waals surface area contributed by atoms with Crippen LogP contribution in [0.15, 0.2) is 24.3 Å². The van der Waals surface area contributed by atoms with E-state index in [1.807, 2.05) is 0 Å². The van der Waals surface area contributed by atoms with Crippen molar-refractivity contribution < 1.29 is 9.66 Å². The lowest BCUT2D eigenvalue weighted by atomic mass is 10.3. The molecule has 1 N–H and O–H groups in total. The average molecular weight is 260 g/mol. The summed E-state index contributed by atoms with van der Waals surface area (Å²) in [6.45, 7) is 0.143. The van der Waals surface area contributed by atoms with Crippen LogP contribution in [0.4, 0.5) is 5.69 Å². The molecule has 1 saturated carbocycles. The number of hydrogen-bond donors (Lipinski definition) is 1. The van der Waals surface area contributed by atoms with E-state index in [0.717, 1.165) is 18.7 Å². The van der Waals surface area contributed by atoms with E-state index in [2.05, 4.69) is 15.2 Å². The van der Waals surface area contributed by atoms with Crippen LogP contribution < -0.4 is 4.74 Å². The first-order valence-electron chi connectivity index (χ1n) is 6.01. The van der Waals surface area contributed by atoms with Crippen LogP contribution in [0.25, 0.3) is 0 Å². The van der Waals surface area contributed by atoms with Gasteiger partial charge in [-0.15, -0.1) is 0 Å². The normalized spacial score (nSPS) is 14.3. The number of aromatic amines is 1. The zero-order valence-corrected chi connectivity index (χ0v) is 10.1. The summed E-state index contributed by atoms with van der Waals surface area (Å²) in [6, 6.07) is 6.27. The number of rotatable bonds is 5. The number of nitrogens with one attached hydrogen (secondary N) is 1. The van der Waals surface area contributed by atoms with Crippen LogP contribution in [0.5, 0.6) is 5.75 Å². The number of para-hydroxylation sites is 2. The lowest BCUT2D eigenvalue weighted by molar-refractivity contribution is -0.385. The van der Waals surface area contributed by atoms with Crippen LogP contribution >= 0.6 is 0 Å². The van der Waals surface area contributed by atoms with E-state index >= 15 is 0 Å². The maximum absolute atomic E-state index is 10.8. The summed E-state index contributed by atoms with van der Waals surface area (Å²) in [5.41, 5.74) is -0.0515. The summed E-state index contributed by atoms with van der Waals surface area (Å²) in [5.74, 6) is 2.09. The standard InChI is InChI=1S/C12H12N4O3/c17-16(18)9-3-1-2-4-10(9)19-7-11-13-12(15-14-11)8-5-6-8/h1-4,8H,5-7H2,(H,13,14,15). The molecule has 0 unspecified atom stereocenters. The molecule has 3 rings (SSSR count). The molecular weight excluding hydrogens is 248 g/mol. The molecule has 7 heteroatoms. The number of ether oxygens (including phenoxy) is 1.